The zero-order valence-electron chi connectivity index (χ0n) is 12.1. The number of ether oxygens (including phenoxy) is 1. The van der Waals surface area contributed by atoms with Crippen LogP contribution in [-0.4, -0.2) is 11.6 Å². The van der Waals surface area contributed by atoms with Crippen LogP contribution in [-0.2, 0) is 6.42 Å². The highest BCUT2D eigenvalue weighted by molar-refractivity contribution is 5.80. The standard InChI is InChI=1S/C16H21NO3/c1-3-5-6-8-12-9-7-10-13-14(12)15(18)20-16(17-13)19-11-4-2/h7,9-10H,3-6,8,11H2,1-2H3. The van der Waals surface area contributed by atoms with Crippen molar-refractivity contribution in [2.45, 2.75) is 46.0 Å². The number of hydrogen-bond acceptors (Lipinski definition) is 4. The molecule has 0 radical (unpaired) electrons. The van der Waals surface area contributed by atoms with Crippen LogP contribution < -0.4 is 10.4 Å². The van der Waals surface area contributed by atoms with Gasteiger partial charge >= 0.3 is 11.7 Å². The third-order valence-electron chi connectivity index (χ3n) is 3.20. The molecule has 0 spiro atoms. The number of benzene rings is 1. The Balaban J connectivity index is 2.34. The quantitative estimate of drug-likeness (QED) is 0.723. The summed E-state index contributed by atoms with van der Waals surface area (Å²) in [7, 11) is 0. The average Bonchev–Trinajstić information content (AvgIpc) is 2.45. The van der Waals surface area contributed by atoms with Crippen molar-refractivity contribution in [2.75, 3.05) is 6.61 Å². The lowest BCUT2D eigenvalue weighted by molar-refractivity contribution is 0.217. The van der Waals surface area contributed by atoms with Crippen molar-refractivity contribution in [2.24, 2.45) is 0 Å². The Hall–Kier alpha value is -1.84. The number of rotatable bonds is 7. The Bertz CT molecular complexity index is 619. The maximum absolute atomic E-state index is 12.1. The second-order valence-corrected chi connectivity index (χ2v) is 4.88. The second-order valence-electron chi connectivity index (χ2n) is 4.88. The van der Waals surface area contributed by atoms with E-state index in [9.17, 15) is 4.79 Å². The zero-order chi connectivity index (χ0) is 14.4. The Labute approximate surface area is 118 Å². The highest BCUT2D eigenvalue weighted by atomic mass is 16.6. The van der Waals surface area contributed by atoms with Gasteiger partial charge in [0.15, 0.2) is 0 Å². The van der Waals surface area contributed by atoms with Crippen molar-refractivity contribution >= 4 is 10.9 Å². The van der Waals surface area contributed by atoms with Gasteiger partial charge < -0.3 is 9.15 Å². The van der Waals surface area contributed by atoms with Crippen LogP contribution in [0.5, 0.6) is 6.08 Å². The van der Waals surface area contributed by atoms with Crippen LogP contribution in [0.25, 0.3) is 10.9 Å². The van der Waals surface area contributed by atoms with Gasteiger partial charge in [-0.15, -0.1) is 0 Å². The third-order valence-corrected chi connectivity index (χ3v) is 3.20. The lowest BCUT2D eigenvalue weighted by Gasteiger charge is -2.06. The Morgan fingerprint density at radius 1 is 1.20 bits per heavy atom. The first-order valence-electron chi connectivity index (χ1n) is 7.31. The molecule has 1 heterocycles. The summed E-state index contributed by atoms with van der Waals surface area (Å²) < 4.78 is 10.5. The van der Waals surface area contributed by atoms with Crippen molar-refractivity contribution in [1.82, 2.24) is 4.98 Å². The van der Waals surface area contributed by atoms with Crippen LogP contribution >= 0.6 is 0 Å². The molecule has 0 N–H and O–H groups in total. The molecule has 20 heavy (non-hydrogen) atoms. The minimum absolute atomic E-state index is 0.0649. The van der Waals surface area contributed by atoms with Crippen LogP contribution in [0.4, 0.5) is 0 Å². The largest absolute Gasteiger partial charge is 0.450 e. The van der Waals surface area contributed by atoms with E-state index in [1.807, 2.05) is 25.1 Å². The van der Waals surface area contributed by atoms with E-state index in [1.165, 1.54) is 0 Å². The van der Waals surface area contributed by atoms with E-state index in [0.717, 1.165) is 37.7 Å². The molecule has 0 saturated carbocycles. The van der Waals surface area contributed by atoms with E-state index in [0.29, 0.717) is 17.5 Å². The number of nitrogens with zero attached hydrogens (tertiary/aromatic N) is 1. The van der Waals surface area contributed by atoms with E-state index in [2.05, 4.69) is 11.9 Å². The van der Waals surface area contributed by atoms with Gasteiger partial charge in [-0.05, 0) is 30.9 Å². The number of aryl methyl sites for hydroxylation is 1. The Morgan fingerprint density at radius 2 is 2.05 bits per heavy atom. The molecule has 0 amide bonds. The van der Waals surface area contributed by atoms with Crippen molar-refractivity contribution in [3.63, 3.8) is 0 Å². The molecule has 0 aliphatic rings. The molecule has 4 heteroatoms. The highest BCUT2D eigenvalue weighted by Gasteiger charge is 2.11. The lowest BCUT2D eigenvalue weighted by Crippen LogP contribution is -2.08. The SMILES string of the molecule is CCCCCc1cccc2nc(OCCC)oc(=O)c12. The molecule has 4 nitrogen and oxygen atoms in total. The normalized spacial score (nSPS) is 10.9. The second kappa shape index (κ2) is 7.08. The Morgan fingerprint density at radius 3 is 2.80 bits per heavy atom. The summed E-state index contributed by atoms with van der Waals surface area (Å²) in [6, 6.07) is 5.73. The fourth-order valence-electron chi connectivity index (χ4n) is 2.19. The Kier molecular flexibility index (Phi) is 5.16. The van der Waals surface area contributed by atoms with E-state index in [1.54, 1.807) is 0 Å². The van der Waals surface area contributed by atoms with Gasteiger partial charge in [-0.1, -0.05) is 38.8 Å². The smallest absolute Gasteiger partial charge is 0.397 e. The maximum Gasteiger partial charge on any atom is 0.397 e. The van der Waals surface area contributed by atoms with Gasteiger partial charge in [-0.3, -0.25) is 0 Å². The number of unbranched alkanes of at least 4 members (excludes halogenated alkanes) is 2. The first-order chi connectivity index (χ1) is 9.76. The summed E-state index contributed by atoms with van der Waals surface area (Å²) in [4.78, 5) is 16.4. The predicted molar refractivity (Wildman–Crippen MR) is 79.3 cm³/mol. The van der Waals surface area contributed by atoms with E-state index in [4.69, 9.17) is 9.15 Å². The molecular weight excluding hydrogens is 254 g/mol. The van der Waals surface area contributed by atoms with Gasteiger partial charge in [0.2, 0.25) is 0 Å². The predicted octanol–water partition coefficient (Wildman–Crippen LogP) is 3.71. The molecule has 0 unspecified atom stereocenters. The minimum Gasteiger partial charge on any atom is -0.450 e. The summed E-state index contributed by atoms with van der Waals surface area (Å²) in [6.45, 7) is 4.65. The van der Waals surface area contributed by atoms with E-state index < -0.39 is 0 Å². The van der Waals surface area contributed by atoms with Gasteiger partial charge in [0.25, 0.3) is 0 Å². The van der Waals surface area contributed by atoms with E-state index >= 15 is 0 Å². The molecule has 2 rings (SSSR count). The van der Waals surface area contributed by atoms with Gasteiger partial charge in [-0.25, -0.2) is 4.79 Å². The fourth-order valence-corrected chi connectivity index (χ4v) is 2.19. The van der Waals surface area contributed by atoms with Crippen molar-refractivity contribution in [3.8, 4) is 6.08 Å². The van der Waals surface area contributed by atoms with E-state index in [-0.39, 0.29) is 11.7 Å². The number of hydrogen-bond donors (Lipinski definition) is 0. The molecule has 108 valence electrons. The van der Waals surface area contributed by atoms with Crippen LogP contribution in [0.2, 0.25) is 0 Å². The van der Waals surface area contributed by atoms with Crippen LogP contribution in [0.1, 0.15) is 45.1 Å². The van der Waals surface area contributed by atoms with Gasteiger partial charge in [-0.2, -0.15) is 4.98 Å². The molecule has 0 bridgehead atoms. The topological polar surface area (TPSA) is 52.3 Å². The molecule has 0 aliphatic heterocycles. The fraction of sp³-hybridized carbons (Fsp3) is 0.500. The monoisotopic (exact) mass is 275 g/mol. The molecular formula is C16H21NO3. The number of fused-ring (bicyclic) bond motifs is 1. The first kappa shape index (κ1) is 14.6. The summed E-state index contributed by atoms with van der Waals surface area (Å²) in [5.74, 6) is 0. The molecule has 0 saturated heterocycles. The van der Waals surface area contributed by atoms with Gasteiger partial charge in [0, 0.05) is 0 Å². The van der Waals surface area contributed by atoms with Crippen LogP contribution in [0.3, 0.4) is 0 Å². The summed E-state index contributed by atoms with van der Waals surface area (Å²) >= 11 is 0. The van der Waals surface area contributed by atoms with Gasteiger partial charge in [0.1, 0.15) is 0 Å². The summed E-state index contributed by atoms with van der Waals surface area (Å²) in [6.07, 6.45) is 5.19. The summed E-state index contributed by atoms with van der Waals surface area (Å²) in [5.41, 5.74) is 1.31. The third kappa shape index (κ3) is 3.38. The van der Waals surface area contributed by atoms with Crippen LogP contribution in [0, 0.1) is 0 Å². The molecule has 1 aromatic heterocycles. The molecule has 0 atom stereocenters. The molecule has 2 aromatic rings. The first-order valence-corrected chi connectivity index (χ1v) is 7.31. The molecule has 1 aromatic carbocycles. The van der Waals surface area contributed by atoms with Gasteiger partial charge in [0.05, 0.1) is 17.5 Å². The minimum atomic E-state index is -0.354. The maximum atomic E-state index is 12.1. The zero-order valence-corrected chi connectivity index (χ0v) is 12.1. The van der Waals surface area contributed by atoms with Crippen molar-refractivity contribution in [3.05, 3.63) is 34.2 Å². The highest BCUT2D eigenvalue weighted by Crippen LogP contribution is 2.18. The number of aromatic nitrogens is 1. The average molecular weight is 275 g/mol. The lowest BCUT2D eigenvalue weighted by atomic mass is 10.0. The van der Waals surface area contributed by atoms with Crippen molar-refractivity contribution in [1.29, 1.82) is 0 Å². The van der Waals surface area contributed by atoms with Crippen LogP contribution in [0.15, 0.2) is 27.4 Å². The summed E-state index contributed by atoms with van der Waals surface area (Å²) in [5, 5.41) is 0.590. The molecule has 0 aliphatic carbocycles. The molecule has 0 fully saturated rings. The van der Waals surface area contributed by atoms with Crippen molar-refractivity contribution < 1.29 is 9.15 Å².